The maximum atomic E-state index is 12.2. The molecule has 92 valence electrons. The van der Waals surface area contributed by atoms with Gasteiger partial charge in [0.2, 0.25) is 0 Å². The van der Waals surface area contributed by atoms with Crippen LogP contribution in [0.3, 0.4) is 0 Å². The molecule has 1 aromatic carbocycles. The first-order valence-corrected chi connectivity index (χ1v) is 6.23. The summed E-state index contributed by atoms with van der Waals surface area (Å²) in [5, 5.41) is 0. The van der Waals surface area contributed by atoms with Gasteiger partial charge in [0.25, 0.3) is 5.91 Å². The molecule has 0 fully saturated rings. The van der Waals surface area contributed by atoms with Gasteiger partial charge in [-0.1, -0.05) is 12.2 Å². The molecule has 0 atom stereocenters. The number of nitrogen functional groups attached to an aromatic ring is 1. The summed E-state index contributed by atoms with van der Waals surface area (Å²) in [4.78, 5) is 13.9. The molecular formula is C13H17BrN2O. The number of amides is 1. The van der Waals surface area contributed by atoms with Gasteiger partial charge in [-0.05, 0) is 48.0 Å². The number of benzene rings is 1. The first-order valence-electron chi connectivity index (χ1n) is 5.44. The standard InChI is InChI=1S/C13H17BrN2O/c1-4-16(8-9(2)3)13(17)10-5-6-11(14)12(15)7-10/h5-7H,2,4,8,15H2,1,3H3. The highest BCUT2D eigenvalue weighted by Crippen LogP contribution is 2.21. The first-order chi connectivity index (χ1) is 7.95. The third-order valence-electron chi connectivity index (χ3n) is 2.37. The van der Waals surface area contributed by atoms with Crippen molar-refractivity contribution in [1.29, 1.82) is 0 Å². The molecule has 0 saturated heterocycles. The Balaban J connectivity index is 2.93. The molecular weight excluding hydrogens is 280 g/mol. The Morgan fingerprint density at radius 3 is 2.65 bits per heavy atom. The lowest BCUT2D eigenvalue weighted by Crippen LogP contribution is -2.32. The molecule has 0 spiro atoms. The lowest BCUT2D eigenvalue weighted by Gasteiger charge is -2.21. The third-order valence-corrected chi connectivity index (χ3v) is 3.09. The summed E-state index contributed by atoms with van der Waals surface area (Å²) in [5.41, 5.74) is 7.91. The number of likely N-dealkylation sites (N-methyl/N-ethyl adjacent to an activating group) is 1. The minimum Gasteiger partial charge on any atom is -0.398 e. The molecule has 2 N–H and O–H groups in total. The number of hydrogen-bond donors (Lipinski definition) is 1. The van der Waals surface area contributed by atoms with Crippen molar-refractivity contribution in [3.05, 3.63) is 40.4 Å². The van der Waals surface area contributed by atoms with Crippen molar-refractivity contribution in [3.63, 3.8) is 0 Å². The molecule has 0 aliphatic rings. The molecule has 0 radical (unpaired) electrons. The Labute approximate surface area is 110 Å². The Morgan fingerprint density at radius 1 is 1.53 bits per heavy atom. The maximum absolute atomic E-state index is 12.2. The number of hydrogen-bond acceptors (Lipinski definition) is 2. The molecule has 0 heterocycles. The third kappa shape index (κ3) is 3.60. The van der Waals surface area contributed by atoms with E-state index in [1.54, 1.807) is 23.1 Å². The minimum atomic E-state index is -0.0188. The van der Waals surface area contributed by atoms with Gasteiger partial charge in [-0.15, -0.1) is 0 Å². The molecule has 0 bridgehead atoms. The molecule has 1 aromatic rings. The zero-order chi connectivity index (χ0) is 13.0. The fourth-order valence-corrected chi connectivity index (χ4v) is 1.76. The number of carbonyl (C=O) groups is 1. The zero-order valence-corrected chi connectivity index (χ0v) is 11.8. The zero-order valence-electron chi connectivity index (χ0n) is 10.2. The van der Waals surface area contributed by atoms with Gasteiger partial charge in [0.1, 0.15) is 0 Å². The van der Waals surface area contributed by atoms with E-state index in [0.29, 0.717) is 24.3 Å². The van der Waals surface area contributed by atoms with E-state index in [0.717, 1.165) is 10.0 Å². The van der Waals surface area contributed by atoms with Crippen molar-refractivity contribution in [3.8, 4) is 0 Å². The van der Waals surface area contributed by atoms with Crippen molar-refractivity contribution in [2.45, 2.75) is 13.8 Å². The van der Waals surface area contributed by atoms with Crippen LogP contribution >= 0.6 is 15.9 Å². The second-order valence-corrected chi connectivity index (χ2v) is 4.87. The molecule has 0 aromatic heterocycles. The number of anilines is 1. The van der Waals surface area contributed by atoms with Gasteiger partial charge in [0, 0.05) is 28.8 Å². The monoisotopic (exact) mass is 296 g/mol. The Bertz CT molecular complexity index is 443. The van der Waals surface area contributed by atoms with Gasteiger partial charge in [-0.3, -0.25) is 4.79 Å². The topological polar surface area (TPSA) is 46.3 Å². The van der Waals surface area contributed by atoms with Crippen LogP contribution in [0, 0.1) is 0 Å². The van der Waals surface area contributed by atoms with Crippen LogP contribution in [0.15, 0.2) is 34.8 Å². The number of carbonyl (C=O) groups excluding carboxylic acids is 1. The van der Waals surface area contributed by atoms with Crippen LogP contribution in [0.1, 0.15) is 24.2 Å². The van der Waals surface area contributed by atoms with Crippen LogP contribution < -0.4 is 5.73 Å². The van der Waals surface area contributed by atoms with Gasteiger partial charge in [-0.25, -0.2) is 0 Å². The second kappa shape index (κ2) is 5.87. The van der Waals surface area contributed by atoms with Gasteiger partial charge in [-0.2, -0.15) is 0 Å². The predicted octanol–water partition coefficient (Wildman–Crippen LogP) is 3.07. The normalized spacial score (nSPS) is 10.1. The van der Waals surface area contributed by atoms with Gasteiger partial charge in [0.05, 0.1) is 0 Å². The Hall–Kier alpha value is -1.29. The minimum absolute atomic E-state index is 0.0188. The lowest BCUT2D eigenvalue weighted by molar-refractivity contribution is 0.0778. The highest BCUT2D eigenvalue weighted by molar-refractivity contribution is 9.10. The summed E-state index contributed by atoms with van der Waals surface area (Å²) in [6, 6.07) is 5.24. The van der Waals surface area contributed by atoms with Crippen molar-refractivity contribution in [1.82, 2.24) is 4.90 Å². The van der Waals surface area contributed by atoms with Crippen molar-refractivity contribution >= 4 is 27.5 Å². The SMILES string of the molecule is C=C(C)CN(CC)C(=O)c1ccc(Br)c(N)c1. The Kier molecular flexibility index (Phi) is 4.75. The Morgan fingerprint density at radius 2 is 2.18 bits per heavy atom. The average Bonchev–Trinajstić information content (AvgIpc) is 2.28. The second-order valence-electron chi connectivity index (χ2n) is 4.01. The lowest BCUT2D eigenvalue weighted by atomic mass is 10.1. The van der Waals surface area contributed by atoms with E-state index >= 15 is 0 Å². The maximum Gasteiger partial charge on any atom is 0.254 e. The van der Waals surface area contributed by atoms with Crippen LogP contribution in [0.2, 0.25) is 0 Å². The highest BCUT2D eigenvalue weighted by atomic mass is 79.9. The van der Waals surface area contributed by atoms with Gasteiger partial charge >= 0.3 is 0 Å². The molecule has 4 heteroatoms. The first kappa shape index (κ1) is 13.8. The number of rotatable bonds is 4. The van der Waals surface area contributed by atoms with E-state index < -0.39 is 0 Å². The molecule has 17 heavy (non-hydrogen) atoms. The predicted molar refractivity (Wildman–Crippen MR) is 74.9 cm³/mol. The number of halogens is 1. The number of nitrogens with two attached hydrogens (primary N) is 1. The van der Waals surface area contributed by atoms with E-state index in [1.807, 2.05) is 13.8 Å². The molecule has 0 unspecified atom stereocenters. The van der Waals surface area contributed by atoms with E-state index in [1.165, 1.54) is 0 Å². The molecule has 0 saturated carbocycles. The van der Waals surface area contributed by atoms with Crippen LogP contribution in [0.25, 0.3) is 0 Å². The molecule has 1 amide bonds. The quantitative estimate of drug-likeness (QED) is 0.686. The van der Waals surface area contributed by atoms with Crippen molar-refractivity contribution in [2.24, 2.45) is 0 Å². The smallest absolute Gasteiger partial charge is 0.254 e. The summed E-state index contributed by atoms with van der Waals surface area (Å²) in [7, 11) is 0. The summed E-state index contributed by atoms with van der Waals surface area (Å²) in [6.45, 7) is 8.91. The highest BCUT2D eigenvalue weighted by Gasteiger charge is 2.14. The largest absolute Gasteiger partial charge is 0.398 e. The van der Waals surface area contributed by atoms with E-state index in [-0.39, 0.29) is 5.91 Å². The summed E-state index contributed by atoms with van der Waals surface area (Å²) < 4.78 is 0.803. The van der Waals surface area contributed by atoms with Gasteiger partial charge < -0.3 is 10.6 Å². The van der Waals surface area contributed by atoms with E-state index in [4.69, 9.17) is 5.73 Å². The number of nitrogens with zero attached hydrogens (tertiary/aromatic N) is 1. The van der Waals surface area contributed by atoms with Crippen molar-refractivity contribution < 1.29 is 4.79 Å². The molecule has 0 aliphatic heterocycles. The summed E-state index contributed by atoms with van der Waals surface area (Å²) in [5.74, 6) is -0.0188. The summed E-state index contributed by atoms with van der Waals surface area (Å²) >= 11 is 3.31. The van der Waals surface area contributed by atoms with Crippen LogP contribution in [0.4, 0.5) is 5.69 Å². The molecule has 3 nitrogen and oxygen atoms in total. The van der Waals surface area contributed by atoms with E-state index in [2.05, 4.69) is 22.5 Å². The molecule has 0 aliphatic carbocycles. The fourth-order valence-electron chi connectivity index (χ4n) is 1.51. The van der Waals surface area contributed by atoms with Crippen molar-refractivity contribution in [2.75, 3.05) is 18.8 Å². The average molecular weight is 297 g/mol. The fraction of sp³-hybridized carbons (Fsp3) is 0.308. The summed E-state index contributed by atoms with van der Waals surface area (Å²) in [6.07, 6.45) is 0. The molecule has 1 rings (SSSR count). The van der Waals surface area contributed by atoms with Crippen LogP contribution in [-0.2, 0) is 0 Å². The van der Waals surface area contributed by atoms with Gasteiger partial charge in [0.15, 0.2) is 0 Å². The van der Waals surface area contributed by atoms with Crippen LogP contribution in [-0.4, -0.2) is 23.9 Å². The van der Waals surface area contributed by atoms with E-state index in [9.17, 15) is 4.79 Å². The van der Waals surface area contributed by atoms with Crippen LogP contribution in [0.5, 0.6) is 0 Å².